The number of aliphatic carboxylic acids is 1. The van der Waals surface area contributed by atoms with Crippen LogP contribution >= 0.6 is 11.3 Å². The molecule has 2 aromatic heterocycles. The van der Waals surface area contributed by atoms with Gasteiger partial charge in [0.25, 0.3) is 5.91 Å². The molecule has 2 aromatic rings. The minimum absolute atomic E-state index is 0.269. The zero-order chi connectivity index (χ0) is 16.7. The highest BCUT2D eigenvalue weighted by molar-refractivity contribution is 7.20. The lowest BCUT2D eigenvalue weighted by molar-refractivity contribution is -0.139. The molecule has 1 saturated carbocycles. The normalized spacial score (nSPS) is 16.0. The quantitative estimate of drug-likeness (QED) is 0.850. The monoisotopic (exact) mass is 335 g/mol. The van der Waals surface area contributed by atoms with Gasteiger partial charge in [-0.05, 0) is 24.3 Å². The molecule has 1 amide bonds. The maximum absolute atomic E-state index is 12.4. The lowest BCUT2D eigenvalue weighted by atomic mass is 10.1. The summed E-state index contributed by atoms with van der Waals surface area (Å²) in [4.78, 5) is 25.2. The molecule has 3 rings (SSSR count). The SMILES string of the molecule is CC(C)c1nn(C)c2sc(C(=O)NC(CC3CC3)C(=O)O)cc12. The van der Waals surface area contributed by atoms with Crippen LogP contribution in [0.3, 0.4) is 0 Å². The van der Waals surface area contributed by atoms with Gasteiger partial charge in [-0.15, -0.1) is 11.3 Å². The Labute approximate surface area is 138 Å². The van der Waals surface area contributed by atoms with E-state index < -0.39 is 12.0 Å². The molecule has 0 saturated heterocycles. The predicted molar refractivity (Wildman–Crippen MR) is 88.9 cm³/mol. The fourth-order valence-electron chi connectivity index (χ4n) is 2.74. The first-order valence-corrected chi connectivity index (χ1v) is 8.68. The summed E-state index contributed by atoms with van der Waals surface area (Å²) in [5, 5.41) is 17.4. The van der Waals surface area contributed by atoms with E-state index >= 15 is 0 Å². The summed E-state index contributed by atoms with van der Waals surface area (Å²) >= 11 is 1.35. The number of nitrogens with zero attached hydrogens (tertiary/aromatic N) is 2. The smallest absolute Gasteiger partial charge is 0.326 e. The molecule has 0 spiro atoms. The van der Waals surface area contributed by atoms with Gasteiger partial charge in [0.05, 0.1) is 10.6 Å². The van der Waals surface area contributed by atoms with Crippen molar-refractivity contribution < 1.29 is 14.7 Å². The molecule has 6 nitrogen and oxygen atoms in total. The zero-order valence-electron chi connectivity index (χ0n) is 13.5. The van der Waals surface area contributed by atoms with E-state index in [1.165, 1.54) is 11.3 Å². The largest absolute Gasteiger partial charge is 0.480 e. The first kappa shape index (κ1) is 16.0. The van der Waals surface area contributed by atoms with E-state index in [4.69, 9.17) is 0 Å². The molecule has 0 radical (unpaired) electrons. The Morgan fingerprint density at radius 3 is 2.74 bits per heavy atom. The lowest BCUT2D eigenvalue weighted by Crippen LogP contribution is -2.40. The maximum Gasteiger partial charge on any atom is 0.326 e. The number of fused-ring (bicyclic) bond motifs is 1. The molecule has 23 heavy (non-hydrogen) atoms. The van der Waals surface area contributed by atoms with Crippen molar-refractivity contribution in [2.24, 2.45) is 13.0 Å². The number of hydrogen-bond donors (Lipinski definition) is 2. The molecule has 2 heterocycles. The van der Waals surface area contributed by atoms with Crippen molar-refractivity contribution in [3.05, 3.63) is 16.6 Å². The van der Waals surface area contributed by atoms with Crippen LogP contribution in [-0.2, 0) is 11.8 Å². The third kappa shape index (κ3) is 3.24. The number of thiophene rings is 1. The lowest BCUT2D eigenvalue weighted by Gasteiger charge is -2.13. The average molecular weight is 335 g/mol. The van der Waals surface area contributed by atoms with E-state index in [1.54, 1.807) is 4.68 Å². The van der Waals surface area contributed by atoms with E-state index in [2.05, 4.69) is 24.3 Å². The number of carbonyl (C=O) groups is 2. The Morgan fingerprint density at radius 2 is 2.17 bits per heavy atom. The van der Waals surface area contributed by atoms with Gasteiger partial charge >= 0.3 is 5.97 Å². The third-order valence-electron chi connectivity index (χ3n) is 4.18. The van der Waals surface area contributed by atoms with Gasteiger partial charge < -0.3 is 10.4 Å². The van der Waals surface area contributed by atoms with E-state index in [1.807, 2.05) is 13.1 Å². The fraction of sp³-hybridized carbons (Fsp3) is 0.562. The number of hydrogen-bond acceptors (Lipinski definition) is 4. The van der Waals surface area contributed by atoms with Gasteiger partial charge in [-0.25, -0.2) is 4.79 Å². The highest BCUT2D eigenvalue weighted by Gasteiger charge is 2.31. The van der Waals surface area contributed by atoms with Gasteiger partial charge in [0.15, 0.2) is 0 Å². The summed E-state index contributed by atoms with van der Waals surface area (Å²) in [6.07, 6.45) is 2.64. The molecule has 1 aliphatic rings. The summed E-state index contributed by atoms with van der Waals surface area (Å²) in [6, 6.07) is 1.02. The topological polar surface area (TPSA) is 84.2 Å². The third-order valence-corrected chi connectivity index (χ3v) is 5.38. The Morgan fingerprint density at radius 1 is 1.48 bits per heavy atom. The van der Waals surface area contributed by atoms with Gasteiger partial charge in [-0.1, -0.05) is 26.7 Å². The Bertz CT molecular complexity index is 758. The van der Waals surface area contributed by atoms with E-state index in [0.717, 1.165) is 28.8 Å². The van der Waals surface area contributed by atoms with Gasteiger partial charge in [-0.3, -0.25) is 9.48 Å². The Balaban J connectivity index is 1.82. The standard InChI is InChI=1S/C16H21N3O3S/c1-8(2)13-10-7-12(23-15(10)19(3)18-13)14(20)17-11(16(21)22)6-9-4-5-9/h7-9,11H,4-6H2,1-3H3,(H,17,20)(H,21,22). The Hall–Kier alpha value is -1.89. The van der Waals surface area contributed by atoms with Crippen molar-refractivity contribution in [3.63, 3.8) is 0 Å². The van der Waals surface area contributed by atoms with Crippen LogP contribution in [0, 0.1) is 5.92 Å². The van der Waals surface area contributed by atoms with E-state index in [9.17, 15) is 14.7 Å². The van der Waals surface area contributed by atoms with Gasteiger partial charge in [-0.2, -0.15) is 5.10 Å². The number of carboxylic acid groups (broad SMARTS) is 1. The van der Waals surface area contributed by atoms with Gasteiger partial charge in [0.1, 0.15) is 10.9 Å². The van der Waals surface area contributed by atoms with Crippen LogP contribution in [0.5, 0.6) is 0 Å². The summed E-state index contributed by atoms with van der Waals surface area (Å²) in [7, 11) is 1.86. The number of nitrogens with one attached hydrogen (secondary N) is 1. The molecule has 1 fully saturated rings. The minimum Gasteiger partial charge on any atom is -0.480 e. The molecular weight excluding hydrogens is 314 g/mol. The van der Waals surface area contributed by atoms with Crippen molar-refractivity contribution in [2.45, 2.75) is 45.1 Å². The number of carbonyl (C=O) groups excluding carboxylic acids is 1. The van der Waals surface area contributed by atoms with Gasteiger partial charge in [0.2, 0.25) is 0 Å². The molecule has 0 bridgehead atoms. The van der Waals surface area contributed by atoms with E-state index in [0.29, 0.717) is 17.2 Å². The molecule has 0 aliphatic heterocycles. The second-order valence-electron chi connectivity index (χ2n) is 6.54. The number of aromatic nitrogens is 2. The molecule has 2 N–H and O–H groups in total. The zero-order valence-corrected chi connectivity index (χ0v) is 14.3. The van der Waals surface area contributed by atoms with Crippen LogP contribution in [0.1, 0.15) is 54.4 Å². The van der Waals surface area contributed by atoms with Crippen LogP contribution in [-0.4, -0.2) is 32.8 Å². The number of carboxylic acids is 1. The van der Waals surface area contributed by atoms with Crippen molar-refractivity contribution in [1.29, 1.82) is 0 Å². The summed E-state index contributed by atoms with van der Waals surface area (Å²) in [5.41, 5.74) is 0.963. The Kier molecular flexibility index (Phi) is 4.14. The summed E-state index contributed by atoms with van der Waals surface area (Å²) in [6.45, 7) is 4.13. The molecule has 1 unspecified atom stereocenters. The molecule has 1 atom stereocenters. The number of rotatable bonds is 6. The molecule has 0 aromatic carbocycles. The number of amides is 1. The number of aryl methyl sites for hydroxylation is 1. The van der Waals surface area contributed by atoms with Crippen molar-refractivity contribution in [2.75, 3.05) is 0 Å². The van der Waals surface area contributed by atoms with Crippen LogP contribution in [0.2, 0.25) is 0 Å². The average Bonchev–Trinajstić information content (AvgIpc) is 3.08. The predicted octanol–water partition coefficient (Wildman–Crippen LogP) is 2.74. The second kappa shape index (κ2) is 5.96. The van der Waals surface area contributed by atoms with Gasteiger partial charge in [0, 0.05) is 12.4 Å². The van der Waals surface area contributed by atoms with Crippen molar-refractivity contribution in [3.8, 4) is 0 Å². The summed E-state index contributed by atoms with van der Waals surface area (Å²) in [5.74, 6) is -0.564. The van der Waals surface area contributed by atoms with E-state index in [-0.39, 0.29) is 11.8 Å². The second-order valence-corrected chi connectivity index (χ2v) is 7.57. The first-order chi connectivity index (χ1) is 10.9. The highest BCUT2D eigenvalue weighted by Crippen LogP contribution is 2.34. The highest BCUT2D eigenvalue weighted by atomic mass is 32.1. The van der Waals surface area contributed by atoms with Crippen LogP contribution in [0.15, 0.2) is 6.07 Å². The van der Waals surface area contributed by atoms with Crippen molar-refractivity contribution >= 4 is 33.4 Å². The first-order valence-electron chi connectivity index (χ1n) is 7.87. The summed E-state index contributed by atoms with van der Waals surface area (Å²) < 4.78 is 1.78. The van der Waals surface area contributed by atoms with Crippen molar-refractivity contribution in [1.82, 2.24) is 15.1 Å². The van der Waals surface area contributed by atoms with Crippen LogP contribution in [0.4, 0.5) is 0 Å². The fourth-order valence-corrected chi connectivity index (χ4v) is 3.73. The molecule has 1 aliphatic carbocycles. The minimum atomic E-state index is -0.962. The van der Waals surface area contributed by atoms with Crippen LogP contribution in [0.25, 0.3) is 10.2 Å². The van der Waals surface area contributed by atoms with Crippen LogP contribution < -0.4 is 5.32 Å². The molecule has 7 heteroatoms. The maximum atomic E-state index is 12.4. The molecule has 124 valence electrons. The molecular formula is C16H21N3O3S.